The number of hydrogen-bond donors (Lipinski definition) is 2. The highest BCUT2D eigenvalue weighted by molar-refractivity contribution is 5.77. The van der Waals surface area contributed by atoms with Crippen molar-refractivity contribution in [3.8, 4) is 5.82 Å². The second-order valence-electron chi connectivity index (χ2n) is 10.3. The van der Waals surface area contributed by atoms with Crippen LogP contribution in [0, 0.1) is 0 Å². The molecule has 0 amide bonds. The van der Waals surface area contributed by atoms with Crippen molar-refractivity contribution in [2.24, 2.45) is 0 Å². The molecule has 8 heteroatoms. The van der Waals surface area contributed by atoms with Gasteiger partial charge < -0.3 is 10.6 Å². The highest BCUT2D eigenvalue weighted by atomic mass is 16.1. The molecule has 4 aromatic rings. The van der Waals surface area contributed by atoms with E-state index < -0.39 is 0 Å². The highest BCUT2D eigenvalue weighted by Crippen LogP contribution is 2.35. The molecule has 0 radical (unpaired) electrons. The predicted molar refractivity (Wildman–Crippen MR) is 133 cm³/mol. The third-order valence-electron chi connectivity index (χ3n) is 6.58. The summed E-state index contributed by atoms with van der Waals surface area (Å²) < 4.78 is 3.69. The standard InChI is InChI=1S/C26H29N7O/c1-26(2,3)21-5-4-6-22(30-21)33-23-20(24(34)32(33)19-9-10-19)15-28-25(31-23)29-18-8-7-17-14-27-12-11-16(17)13-18/h4-8,13,15,19,27H,9-12,14H2,1-3H3,(H,28,29,31). The summed E-state index contributed by atoms with van der Waals surface area (Å²) in [5.74, 6) is 1.17. The van der Waals surface area contributed by atoms with Crippen molar-refractivity contribution in [2.75, 3.05) is 11.9 Å². The van der Waals surface area contributed by atoms with Crippen LogP contribution in [0.4, 0.5) is 11.6 Å². The predicted octanol–water partition coefficient (Wildman–Crippen LogP) is 4.00. The molecule has 0 spiro atoms. The Morgan fingerprint density at radius 2 is 1.94 bits per heavy atom. The van der Waals surface area contributed by atoms with E-state index in [1.54, 1.807) is 6.20 Å². The summed E-state index contributed by atoms with van der Waals surface area (Å²) in [6.07, 6.45) is 4.61. The number of rotatable bonds is 4. The van der Waals surface area contributed by atoms with Gasteiger partial charge in [-0.3, -0.25) is 4.79 Å². The van der Waals surface area contributed by atoms with Crippen LogP contribution >= 0.6 is 0 Å². The van der Waals surface area contributed by atoms with Gasteiger partial charge in [-0.15, -0.1) is 0 Å². The lowest BCUT2D eigenvalue weighted by atomic mass is 9.92. The maximum atomic E-state index is 13.3. The molecule has 1 aliphatic carbocycles. The first-order valence-electron chi connectivity index (χ1n) is 12.0. The van der Waals surface area contributed by atoms with E-state index in [9.17, 15) is 4.79 Å². The van der Waals surface area contributed by atoms with E-state index in [1.807, 2.05) is 27.6 Å². The molecule has 3 aromatic heterocycles. The number of benzene rings is 1. The van der Waals surface area contributed by atoms with Gasteiger partial charge in [0.05, 0.1) is 6.04 Å². The van der Waals surface area contributed by atoms with Crippen molar-refractivity contribution in [2.45, 2.75) is 58.0 Å². The summed E-state index contributed by atoms with van der Waals surface area (Å²) >= 11 is 0. The van der Waals surface area contributed by atoms with Gasteiger partial charge in [-0.1, -0.05) is 32.9 Å². The minimum atomic E-state index is -0.104. The number of pyridine rings is 1. The molecular formula is C26H29N7O. The van der Waals surface area contributed by atoms with Crippen molar-refractivity contribution < 1.29 is 0 Å². The monoisotopic (exact) mass is 455 g/mol. The molecule has 6 rings (SSSR count). The summed E-state index contributed by atoms with van der Waals surface area (Å²) in [5, 5.41) is 7.26. The van der Waals surface area contributed by atoms with Crippen molar-refractivity contribution in [1.82, 2.24) is 29.6 Å². The molecule has 0 unspecified atom stereocenters. The van der Waals surface area contributed by atoms with Crippen LogP contribution in [-0.2, 0) is 18.4 Å². The van der Waals surface area contributed by atoms with Crippen molar-refractivity contribution in [3.05, 3.63) is 69.8 Å². The smallest absolute Gasteiger partial charge is 0.278 e. The Kier molecular flexibility index (Phi) is 4.81. The molecule has 1 saturated carbocycles. The highest BCUT2D eigenvalue weighted by Gasteiger charge is 2.31. The van der Waals surface area contributed by atoms with Crippen LogP contribution in [0.3, 0.4) is 0 Å². The van der Waals surface area contributed by atoms with Gasteiger partial charge in [-0.2, -0.15) is 4.98 Å². The molecule has 2 aliphatic rings. The molecule has 4 heterocycles. The minimum Gasteiger partial charge on any atom is -0.324 e. The summed E-state index contributed by atoms with van der Waals surface area (Å²) in [6, 6.07) is 12.5. The Labute approximate surface area is 198 Å². The molecule has 0 saturated heterocycles. The van der Waals surface area contributed by atoms with Crippen molar-refractivity contribution >= 4 is 22.7 Å². The number of nitrogens with one attached hydrogen (secondary N) is 2. The Hall–Kier alpha value is -3.52. The lowest BCUT2D eigenvalue weighted by Gasteiger charge is -2.19. The van der Waals surface area contributed by atoms with E-state index in [0.717, 1.165) is 43.7 Å². The average Bonchev–Trinajstić information content (AvgIpc) is 3.62. The first-order valence-corrected chi connectivity index (χ1v) is 12.0. The number of fused-ring (bicyclic) bond motifs is 2. The normalized spacial score (nSPS) is 16.0. The fourth-order valence-corrected chi connectivity index (χ4v) is 4.57. The summed E-state index contributed by atoms with van der Waals surface area (Å²) in [7, 11) is 0. The Morgan fingerprint density at radius 3 is 2.74 bits per heavy atom. The van der Waals surface area contributed by atoms with Crippen LogP contribution in [0.15, 0.2) is 47.4 Å². The molecule has 174 valence electrons. The van der Waals surface area contributed by atoms with Crippen LogP contribution in [-0.4, -0.2) is 30.9 Å². The van der Waals surface area contributed by atoms with E-state index in [2.05, 4.69) is 54.6 Å². The van der Waals surface area contributed by atoms with E-state index in [0.29, 0.717) is 22.8 Å². The van der Waals surface area contributed by atoms with Crippen LogP contribution in [0.5, 0.6) is 0 Å². The summed E-state index contributed by atoms with van der Waals surface area (Å²) in [6.45, 7) is 8.30. The topological polar surface area (TPSA) is 89.7 Å². The zero-order valence-corrected chi connectivity index (χ0v) is 19.8. The lowest BCUT2D eigenvalue weighted by Crippen LogP contribution is -2.23. The molecule has 1 aromatic carbocycles. The van der Waals surface area contributed by atoms with E-state index in [1.165, 1.54) is 11.1 Å². The third-order valence-corrected chi connectivity index (χ3v) is 6.58. The van der Waals surface area contributed by atoms with Crippen LogP contribution in [0.25, 0.3) is 16.9 Å². The molecule has 1 fully saturated rings. The average molecular weight is 456 g/mol. The molecular weight excluding hydrogens is 426 g/mol. The zero-order valence-electron chi connectivity index (χ0n) is 19.8. The fraction of sp³-hybridized carbons (Fsp3) is 0.385. The second kappa shape index (κ2) is 7.77. The summed E-state index contributed by atoms with van der Waals surface area (Å²) in [5.41, 5.74) is 5.00. The maximum absolute atomic E-state index is 13.3. The minimum absolute atomic E-state index is 0.0618. The van der Waals surface area contributed by atoms with Gasteiger partial charge in [0.1, 0.15) is 5.39 Å². The lowest BCUT2D eigenvalue weighted by molar-refractivity contribution is 0.537. The first kappa shape index (κ1) is 21.0. The van der Waals surface area contributed by atoms with Gasteiger partial charge in [0.15, 0.2) is 11.5 Å². The van der Waals surface area contributed by atoms with Crippen LogP contribution < -0.4 is 16.2 Å². The molecule has 2 N–H and O–H groups in total. The third kappa shape index (κ3) is 3.68. The largest absolute Gasteiger partial charge is 0.324 e. The first-order chi connectivity index (χ1) is 16.4. The van der Waals surface area contributed by atoms with Gasteiger partial charge in [0, 0.05) is 29.5 Å². The van der Waals surface area contributed by atoms with Gasteiger partial charge in [-0.05, 0) is 61.2 Å². The van der Waals surface area contributed by atoms with E-state index >= 15 is 0 Å². The van der Waals surface area contributed by atoms with Crippen LogP contribution in [0.2, 0.25) is 0 Å². The fourth-order valence-electron chi connectivity index (χ4n) is 4.57. The molecule has 0 bridgehead atoms. The number of nitrogens with zero attached hydrogens (tertiary/aromatic N) is 5. The summed E-state index contributed by atoms with van der Waals surface area (Å²) in [4.78, 5) is 27.5. The van der Waals surface area contributed by atoms with Crippen LogP contribution in [0.1, 0.15) is 56.5 Å². The van der Waals surface area contributed by atoms with Gasteiger partial charge in [0.2, 0.25) is 5.95 Å². The Bertz CT molecular complexity index is 1460. The SMILES string of the molecule is CC(C)(C)c1cccc(-n2c3nc(Nc4ccc5c(c4)CCNC5)ncc3c(=O)n2C2CC2)n1. The van der Waals surface area contributed by atoms with E-state index in [-0.39, 0.29) is 17.0 Å². The maximum Gasteiger partial charge on any atom is 0.278 e. The quantitative estimate of drug-likeness (QED) is 0.484. The second-order valence-corrected chi connectivity index (χ2v) is 10.3. The Balaban J connectivity index is 1.46. The molecule has 0 atom stereocenters. The van der Waals surface area contributed by atoms with E-state index in [4.69, 9.17) is 9.97 Å². The van der Waals surface area contributed by atoms with Gasteiger partial charge in [-0.25, -0.2) is 19.3 Å². The van der Waals surface area contributed by atoms with Crippen molar-refractivity contribution in [3.63, 3.8) is 0 Å². The zero-order chi connectivity index (χ0) is 23.4. The van der Waals surface area contributed by atoms with Crippen molar-refractivity contribution in [1.29, 1.82) is 0 Å². The number of hydrogen-bond acceptors (Lipinski definition) is 6. The number of anilines is 2. The molecule has 34 heavy (non-hydrogen) atoms. The van der Waals surface area contributed by atoms with Gasteiger partial charge in [0.25, 0.3) is 5.56 Å². The molecule has 1 aliphatic heterocycles. The van der Waals surface area contributed by atoms with Gasteiger partial charge >= 0.3 is 0 Å². The molecule has 8 nitrogen and oxygen atoms in total. The number of aromatic nitrogens is 5. The Morgan fingerprint density at radius 1 is 1.09 bits per heavy atom.